The van der Waals surface area contributed by atoms with Crippen molar-refractivity contribution in [3.63, 3.8) is 0 Å². The Morgan fingerprint density at radius 1 is 0.909 bits per heavy atom. The highest BCUT2D eigenvalue weighted by molar-refractivity contribution is 5.99. The Hall–Kier alpha value is -3.02. The van der Waals surface area contributed by atoms with E-state index in [4.69, 9.17) is 4.74 Å². The average molecular weight is 452 g/mol. The Morgan fingerprint density at radius 3 is 2.09 bits per heavy atom. The highest BCUT2D eigenvalue weighted by Gasteiger charge is 2.31. The van der Waals surface area contributed by atoms with Gasteiger partial charge in [-0.05, 0) is 49.1 Å². The fraction of sp³-hybridized carbons (Fsp3) is 0.481. The summed E-state index contributed by atoms with van der Waals surface area (Å²) in [4.78, 5) is 29.3. The maximum Gasteiger partial charge on any atom is 0.268 e. The number of benzene rings is 2. The van der Waals surface area contributed by atoms with Crippen molar-refractivity contribution < 1.29 is 14.3 Å². The van der Waals surface area contributed by atoms with Gasteiger partial charge >= 0.3 is 0 Å². The molecule has 1 saturated heterocycles. The van der Waals surface area contributed by atoms with Crippen LogP contribution in [0.15, 0.2) is 48.5 Å². The summed E-state index contributed by atoms with van der Waals surface area (Å²) < 4.78 is 6.07. The third kappa shape index (κ3) is 6.06. The van der Waals surface area contributed by atoms with Crippen LogP contribution in [0.1, 0.15) is 53.5 Å². The first-order chi connectivity index (χ1) is 15.5. The Balaban J connectivity index is 1.68. The van der Waals surface area contributed by atoms with Crippen molar-refractivity contribution in [2.75, 3.05) is 36.4 Å². The summed E-state index contributed by atoms with van der Waals surface area (Å²) in [6.07, 6.45) is 0.528. The fourth-order valence-electron chi connectivity index (χ4n) is 3.91. The van der Waals surface area contributed by atoms with Gasteiger partial charge in [0.05, 0.1) is 11.4 Å². The molecule has 1 N–H and O–H groups in total. The van der Waals surface area contributed by atoms with E-state index in [0.29, 0.717) is 25.3 Å². The number of hydrogen-bond donors (Lipinski definition) is 1. The number of nitrogens with one attached hydrogen (secondary N) is 1. The van der Waals surface area contributed by atoms with Crippen LogP contribution < -0.4 is 15.0 Å². The van der Waals surface area contributed by atoms with E-state index in [2.05, 4.69) is 31.0 Å². The highest BCUT2D eigenvalue weighted by Crippen LogP contribution is 2.29. The number of rotatable bonds is 6. The molecule has 0 aliphatic carbocycles. The number of amides is 2. The van der Waals surface area contributed by atoms with Gasteiger partial charge in [0.1, 0.15) is 5.75 Å². The summed E-state index contributed by atoms with van der Waals surface area (Å²) in [6, 6.07) is 15.7. The molecule has 0 aromatic heterocycles. The molecule has 1 aliphatic heterocycles. The predicted octanol–water partition coefficient (Wildman–Crippen LogP) is 4.84. The zero-order valence-corrected chi connectivity index (χ0v) is 20.8. The summed E-state index contributed by atoms with van der Waals surface area (Å²) in [5.74, 6) is 0.633. The van der Waals surface area contributed by atoms with Crippen LogP contribution in [0, 0.1) is 0 Å². The van der Waals surface area contributed by atoms with E-state index in [1.54, 1.807) is 13.8 Å². The van der Waals surface area contributed by atoms with Crippen LogP contribution in [0.3, 0.4) is 0 Å². The maximum absolute atomic E-state index is 13.2. The molecule has 2 aromatic carbocycles. The molecule has 0 bridgehead atoms. The van der Waals surface area contributed by atoms with Crippen LogP contribution in [0.5, 0.6) is 5.75 Å². The average Bonchev–Trinajstić information content (AvgIpc) is 2.78. The summed E-state index contributed by atoms with van der Waals surface area (Å²) in [6.45, 7) is 14.8. The van der Waals surface area contributed by atoms with Gasteiger partial charge in [0.2, 0.25) is 5.91 Å². The second-order valence-corrected chi connectivity index (χ2v) is 10.1. The minimum Gasteiger partial charge on any atom is -0.478 e. The Bertz CT molecular complexity index is 969. The van der Waals surface area contributed by atoms with E-state index in [0.717, 1.165) is 24.5 Å². The molecule has 0 radical (unpaired) electrons. The molecule has 0 unspecified atom stereocenters. The number of ether oxygens (including phenoxy) is 1. The van der Waals surface area contributed by atoms with Gasteiger partial charge in [-0.2, -0.15) is 0 Å². The number of nitrogens with zero attached hydrogens (tertiary/aromatic N) is 2. The van der Waals surface area contributed by atoms with Gasteiger partial charge in [-0.1, -0.05) is 52.0 Å². The molecular formula is C27H37N3O3. The SMILES string of the molecule is CCC(=O)N1CCN(c2ccccc2NC(=O)C(C)(C)Oc2ccc(C(C)(C)C)cc2)CC1. The number of anilines is 2. The molecule has 1 aliphatic rings. The number of hydrogen-bond acceptors (Lipinski definition) is 4. The molecule has 2 amide bonds. The van der Waals surface area contributed by atoms with Gasteiger partial charge in [0.15, 0.2) is 5.60 Å². The van der Waals surface area contributed by atoms with Gasteiger partial charge in [-0.25, -0.2) is 0 Å². The van der Waals surface area contributed by atoms with Crippen molar-refractivity contribution in [3.8, 4) is 5.75 Å². The summed E-state index contributed by atoms with van der Waals surface area (Å²) >= 11 is 0. The first-order valence-electron chi connectivity index (χ1n) is 11.7. The van der Waals surface area contributed by atoms with Crippen LogP contribution in [0.25, 0.3) is 0 Å². The van der Waals surface area contributed by atoms with Crippen molar-refractivity contribution in [3.05, 3.63) is 54.1 Å². The summed E-state index contributed by atoms with van der Waals surface area (Å²) in [5.41, 5.74) is 1.93. The topological polar surface area (TPSA) is 61.9 Å². The molecule has 0 spiro atoms. The second-order valence-electron chi connectivity index (χ2n) is 10.1. The van der Waals surface area contributed by atoms with Crippen LogP contribution >= 0.6 is 0 Å². The van der Waals surface area contributed by atoms with Crippen LogP contribution in [-0.2, 0) is 15.0 Å². The molecule has 6 nitrogen and oxygen atoms in total. The minimum absolute atomic E-state index is 0.0600. The van der Waals surface area contributed by atoms with Crippen LogP contribution in [-0.4, -0.2) is 48.5 Å². The second kappa shape index (κ2) is 9.86. The van der Waals surface area contributed by atoms with Gasteiger partial charge in [-0.3, -0.25) is 9.59 Å². The number of para-hydroxylation sites is 2. The Kier molecular flexibility index (Phi) is 7.35. The Labute approximate surface area is 197 Å². The Morgan fingerprint density at radius 2 is 1.52 bits per heavy atom. The predicted molar refractivity (Wildman–Crippen MR) is 134 cm³/mol. The molecule has 0 atom stereocenters. The molecular weight excluding hydrogens is 414 g/mol. The molecule has 6 heteroatoms. The van der Waals surface area contributed by atoms with E-state index >= 15 is 0 Å². The van der Waals surface area contributed by atoms with Gasteiger partial charge in [0.25, 0.3) is 5.91 Å². The monoisotopic (exact) mass is 451 g/mol. The van der Waals surface area contributed by atoms with Gasteiger partial charge in [0, 0.05) is 32.6 Å². The van der Waals surface area contributed by atoms with Crippen LogP contribution in [0.2, 0.25) is 0 Å². The van der Waals surface area contributed by atoms with Crippen molar-refractivity contribution in [2.24, 2.45) is 0 Å². The number of carbonyl (C=O) groups excluding carboxylic acids is 2. The van der Waals surface area contributed by atoms with E-state index < -0.39 is 5.60 Å². The van der Waals surface area contributed by atoms with Gasteiger partial charge in [-0.15, -0.1) is 0 Å². The zero-order valence-electron chi connectivity index (χ0n) is 20.8. The molecule has 33 heavy (non-hydrogen) atoms. The lowest BCUT2D eigenvalue weighted by Crippen LogP contribution is -2.49. The molecule has 2 aromatic rings. The molecule has 1 fully saturated rings. The summed E-state index contributed by atoms with van der Waals surface area (Å²) in [7, 11) is 0. The lowest BCUT2D eigenvalue weighted by atomic mass is 9.87. The lowest BCUT2D eigenvalue weighted by molar-refractivity contribution is -0.131. The van der Waals surface area contributed by atoms with Crippen LogP contribution in [0.4, 0.5) is 11.4 Å². The first-order valence-corrected chi connectivity index (χ1v) is 11.7. The third-order valence-electron chi connectivity index (χ3n) is 6.07. The van der Waals surface area contributed by atoms with Gasteiger partial charge < -0.3 is 19.9 Å². The van der Waals surface area contributed by atoms with Crippen molar-refractivity contribution in [1.82, 2.24) is 4.90 Å². The lowest BCUT2D eigenvalue weighted by Gasteiger charge is -2.37. The quantitative estimate of drug-likeness (QED) is 0.683. The largest absolute Gasteiger partial charge is 0.478 e. The maximum atomic E-state index is 13.2. The van der Waals surface area contributed by atoms with Crippen molar-refractivity contribution in [1.29, 1.82) is 0 Å². The van der Waals surface area contributed by atoms with E-state index in [-0.39, 0.29) is 17.2 Å². The standard InChI is InChI=1S/C27H37N3O3/c1-7-24(31)30-18-16-29(17-19-30)23-11-9-8-10-22(23)28-25(32)27(5,6)33-21-14-12-20(13-15-21)26(2,3)4/h8-15H,7,16-19H2,1-6H3,(H,28,32). The molecule has 0 saturated carbocycles. The zero-order chi connectivity index (χ0) is 24.2. The van der Waals surface area contributed by atoms with E-state index in [1.165, 1.54) is 5.56 Å². The number of piperazine rings is 1. The highest BCUT2D eigenvalue weighted by atomic mass is 16.5. The smallest absolute Gasteiger partial charge is 0.268 e. The molecule has 178 valence electrons. The fourth-order valence-corrected chi connectivity index (χ4v) is 3.91. The minimum atomic E-state index is -1.05. The molecule has 3 rings (SSSR count). The van der Waals surface area contributed by atoms with E-state index in [9.17, 15) is 9.59 Å². The normalized spacial score (nSPS) is 14.7. The number of carbonyl (C=O) groups is 2. The summed E-state index contributed by atoms with van der Waals surface area (Å²) in [5, 5.41) is 3.06. The van der Waals surface area contributed by atoms with E-state index in [1.807, 2.05) is 60.4 Å². The van der Waals surface area contributed by atoms with Crippen molar-refractivity contribution >= 4 is 23.2 Å². The first kappa shape index (κ1) is 24.6. The molecule has 1 heterocycles. The third-order valence-corrected chi connectivity index (χ3v) is 6.07. The van der Waals surface area contributed by atoms with Crippen molar-refractivity contribution in [2.45, 2.75) is 59.0 Å².